The van der Waals surface area contributed by atoms with Gasteiger partial charge in [0.05, 0.1) is 5.69 Å². The number of carbonyl (C=O) groups excluding carboxylic acids is 1. The van der Waals surface area contributed by atoms with Gasteiger partial charge in [-0.15, -0.1) is 0 Å². The van der Waals surface area contributed by atoms with Gasteiger partial charge in [0.1, 0.15) is 5.75 Å². The number of hydrogen-bond acceptors (Lipinski definition) is 3. The molecule has 2 atom stereocenters. The second kappa shape index (κ2) is 7.92. The molecule has 0 bridgehead atoms. The standard InChI is InChI=1S/C17H21ClF3N3O2/c18-13-1-2-14(15(7-13)26-10-17(19,20)21)23-16(25)24-5-3-11-8-22-9-12(11)4-6-24/h1-2,7,11-12,22H,3-6,8-10H2,(H,23,25)/t11-,12+. The zero-order valence-electron chi connectivity index (χ0n) is 14.1. The van der Waals surface area contributed by atoms with Crippen LogP contribution in [0.2, 0.25) is 5.02 Å². The number of likely N-dealkylation sites (tertiary alicyclic amines) is 1. The van der Waals surface area contributed by atoms with Crippen LogP contribution in [-0.4, -0.2) is 49.9 Å². The summed E-state index contributed by atoms with van der Waals surface area (Å²) in [4.78, 5) is 14.3. The third-order valence-corrected chi connectivity index (χ3v) is 5.12. The van der Waals surface area contributed by atoms with Crippen LogP contribution in [-0.2, 0) is 0 Å². The van der Waals surface area contributed by atoms with Crippen molar-refractivity contribution >= 4 is 23.3 Å². The molecule has 2 aliphatic heterocycles. The molecule has 9 heteroatoms. The SMILES string of the molecule is O=C(Nc1ccc(Cl)cc1OCC(F)(F)F)N1CC[C@@H]2CNC[C@@H]2CC1. The van der Waals surface area contributed by atoms with Crippen LogP contribution in [0, 0.1) is 11.8 Å². The van der Waals surface area contributed by atoms with Gasteiger partial charge in [-0.2, -0.15) is 13.2 Å². The first-order valence-electron chi connectivity index (χ1n) is 8.57. The fourth-order valence-corrected chi connectivity index (χ4v) is 3.66. The van der Waals surface area contributed by atoms with E-state index in [1.54, 1.807) is 4.90 Å². The first-order valence-corrected chi connectivity index (χ1v) is 8.95. The molecule has 26 heavy (non-hydrogen) atoms. The van der Waals surface area contributed by atoms with Crippen molar-refractivity contribution in [3.05, 3.63) is 23.2 Å². The van der Waals surface area contributed by atoms with E-state index in [2.05, 4.69) is 10.6 Å². The van der Waals surface area contributed by atoms with Gasteiger partial charge in [-0.05, 0) is 49.9 Å². The summed E-state index contributed by atoms with van der Waals surface area (Å²) in [7, 11) is 0. The molecule has 0 spiro atoms. The predicted octanol–water partition coefficient (Wildman–Crippen LogP) is 3.74. The highest BCUT2D eigenvalue weighted by Gasteiger charge is 2.32. The number of hydrogen-bond donors (Lipinski definition) is 2. The summed E-state index contributed by atoms with van der Waals surface area (Å²) < 4.78 is 42.1. The molecule has 0 saturated carbocycles. The number of ether oxygens (including phenoxy) is 1. The highest BCUT2D eigenvalue weighted by atomic mass is 35.5. The van der Waals surface area contributed by atoms with Crippen molar-refractivity contribution in [3.63, 3.8) is 0 Å². The van der Waals surface area contributed by atoms with E-state index >= 15 is 0 Å². The van der Waals surface area contributed by atoms with Gasteiger partial charge in [0, 0.05) is 24.2 Å². The highest BCUT2D eigenvalue weighted by molar-refractivity contribution is 6.30. The molecule has 2 saturated heterocycles. The van der Waals surface area contributed by atoms with Crippen molar-refractivity contribution < 1.29 is 22.7 Å². The number of rotatable bonds is 3. The monoisotopic (exact) mass is 391 g/mol. The summed E-state index contributed by atoms with van der Waals surface area (Å²) >= 11 is 5.84. The number of alkyl halides is 3. The first-order chi connectivity index (χ1) is 12.3. The number of carbonyl (C=O) groups is 1. The number of nitrogens with zero attached hydrogens (tertiary/aromatic N) is 1. The second-order valence-electron chi connectivity index (χ2n) is 6.72. The first kappa shape index (κ1) is 19.1. The zero-order valence-corrected chi connectivity index (χ0v) is 14.9. The van der Waals surface area contributed by atoms with Gasteiger partial charge in [-0.3, -0.25) is 0 Å². The van der Waals surface area contributed by atoms with Gasteiger partial charge in [0.25, 0.3) is 0 Å². The normalized spacial score (nSPS) is 23.3. The van der Waals surface area contributed by atoms with Crippen LogP contribution in [0.5, 0.6) is 5.75 Å². The number of fused-ring (bicyclic) bond motifs is 1. The lowest BCUT2D eigenvalue weighted by Crippen LogP contribution is -2.36. The van der Waals surface area contributed by atoms with Crippen molar-refractivity contribution in [2.45, 2.75) is 19.0 Å². The number of benzene rings is 1. The molecule has 5 nitrogen and oxygen atoms in total. The smallest absolute Gasteiger partial charge is 0.422 e. The Kier molecular flexibility index (Phi) is 5.82. The molecule has 0 radical (unpaired) electrons. The summed E-state index contributed by atoms with van der Waals surface area (Å²) in [5.41, 5.74) is 0.176. The number of amides is 2. The minimum absolute atomic E-state index is 0.0981. The Morgan fingerprint density at radius 2 is 1.92 bits per heavy atom. The molecular formula is C17H21ClF3N3O2. The third kappa shape index (κ3) is 4.94. The fourth-order valence-electron chi connectivity index (χ4n) is 3.49. The van der Waals surface area contributed by atoms with E-state index in [1.165, 1.54) is 18.2 Å². The van der Waals surface area contributed by atoms with E-state index in [4.69, 9.17) is 16.3 Å². The van der Waals surface area contributed by atoms with Crippen LogP contribution in [0.25, 0.3) is 0 Å². The lowest BCUT2D eigenvalue weighted by molar-refractivity contribution is -0.153. The Hall–Kier alpha value is -1.67. The lowest BCUT2D eigenvalue weighted by Gasteiger charge is -2.22. The molecule has 1 aromatic rings. The lowest BCUT2D eigenvalue weighted by atomic mass is 9.92. The summed E-state index contributed by atoms with van der Waals surface area (Å²) in [6.45, 7) is 1.76. The predicted molar refractivity (Wildman–Crippen MR) is 92.7 cm³/mol. The summed E-state index contributed by atoms with van der Waals surface area (Å²) in [5, 5.41) is 6.26. The van der Waals surface area contributed by atoms with Crippen LogP contribution in [0.1, 0.15) is 12.8 Å². The molecule has 2 heterocycles. The van der Waals surface area contributed by atoms with Gasteiger partial charge in [-0.25, -0.2) is 4.79 Å². The average molecular weight is 392 g/mol. The van der Waals surface area contributed by atoms with Crippen molar-refractivity contribution in [1.82, 2.24) is 10.2 Å². The van der Waals surface area contributed by atoms with Crippen molar-refractivity contribution in [3.8, 4) is 5.75 Å². The Labute approximate surface area is 154 Å². The van der Waals surface area contributed by atoms with Crippen molar-refractivity contribution in [2.75, 3.05) is 38.1 Å². The van der Waals surface area contributed by atoms with Crippen LogP contribution in [0.4, 0.5) is 23.7 Å². The molecule has 2 N–H and O–H groups in total. The van der Waals surface area contributed by atoms with E-state index in [9.17, 15) is 18.0 Å². The maximum atomic E-state index is 12.6. The number of halogens is 4. The molecule has 2 aliphatic rings. The summed E-state index contributed by atoms with van der Waals surface area (Å²) in [6, 6.07) is 3.87. The van der Waals surface area contributed by atoms with Crippen LogP contribution in [0.3, 0.4) is 0 Å². The quantitative estimate of drug-likeness (QED) is 0.825. The topological polar surface area (TPSA) is 53.6 Å². The Bertz CT molecular complexity index is 643. The Balaban J connectivity index is 1.65. The molecule has 3 rings (SSSR count). The molecule has 0 aliphatic carbocycles. The third-order valence-electron chi connectivity index (χ3n) is 4.88. The Morgan fingerprint density at radius 1 is 1.27 bits per heavy atom. The Morgan fingerprint density at radius 3 is 2.54 bits per heavy atom. The summed E-state index contributed by atoms with van der Waals surface area (Å²) in [5.74, 6) is 1.06. The van der Waals surface area contributed by atoms with Crippen LogP contribution >= 0.6 is 11.6 Å². The maximum absolute atomic E-state index is 12.6. The zero-order chi connectivity index (χ0) is 18.7. The van der Waals surface area contributed by atoms with E-state index in [1.807, 2.05) is 0 Å². The highest BCUT2D eigenvalue weighted by Crippen LogP contribution is 2.31. The van der Waals surface area contributed by atoms with Gasteiger partial charge in [0.15, 0.2) is 6.61 Å². The number of anilines is 1. The molecule has 0 unspecified atom stereocenters. The van der Waals surface area contributed by atoms with Crippen LogP contribution in [0.15, 0.2) is 18.2 Å². The average Bonchev–Trinajstić information content (AvgIpc) is 2.92. The van der Waals surface area contributed by atoms with Gasteiger partial charge in [-0.1, -0.05) is 11.6 Å². The largest absolute Gasteiger partial charge is 0.482 e. The minimum atomic E-state index is -4.47. The van der Waals surface area contributed by atoms with E-state index in [-0.39, 0.29) is 22.5 Å². The van der Waals surface area contributed by atoms with E-state index < -0.39 is 12.8 Å². The number of urea groups is 1. The van der Waals surface area contributed by atoms with Crippen molar-refractivity contribution in [1.29, 1.82) is 0 Å². The molecule has 0 aromatic heterocycles. The maximum Gasteiger partial charge on any atom is 0.422 e. The van der Waals surface area contributed by atoms with Gasteiger partial charge < -0.3 is 20.3 Å². The molecule has 2 fully saturated rings. The molecule has 1 aromatic carbocycles. The van der Waals surface area contributed by atoms with Crippen LogP contribution < -0.4 is 15.4 Å². The van der Waals surface area contributed by atoms with E-state index in [0.717, 1.165) is 25.9 Å². The minimum Gasteiger partial charge on any atom is -0.482 e. The van der Waals surface area contributed by atoms with Crippen molar-refractivity contribution in [2.24, 2.45) is 11.8 Å². The van der Waals surface area contributed by atoms with Gasteiger partial charge >= 0.3 is 12.2 Å². The summed E-state index contributed by atoms with van der Waals surface area (Å²) in [6.07, 6.45) is -2.63. The molecular weight excluding hydrogens is 371 g/mol. The van der Waals surface area contributed by atoms with Gasteiger partial charge in [0.2, 0.25) is 0 Å². The fraction of sp³-hybridized carbons (Fsp3) is 0.588. The second-order valence-corrected chi connectivity index (χ2v) is 7.15. The van der Waals surface area contributed by atoms with E-state index in [0.29, 0.717) is 24.9 Å². The molecule has 144 valence electrons. The molecule has 2 amide bonds. The number of nitrogens with one attached hydrogen (secondary N) is 2.